The van der Waals surface area contributed by atoms with Gasteiger partial charge in [-0.2, -0.15) is 0 Å². The summed E-state index contributed by atoms with van der Waals surface area (Å²) in [5, 5.41) is 1.03. The van der Waals surface area contributed by atoms with Crippen LogP contribution in [0.4, 0.5) is 17.2 Å². The minimum atomic E-state index is 0.486. The van der Waals surface area contributed by atoms with Crippen molar-refractivity contribution in [1.29, 1.82) is 0 Å². The van der Waals surface area contributed by atoms with Crippen LogP contribution < -0.4 is 24.2 Å². The summed E-state index contributed by atoms with van der Waals surface area (Å²) in [7, 11) is 3.34. The third kappa shape index (κ3) is 4.31. The molecule has 5 rings (SSSR count). The number of benzene rings is 2. The van der Waals surface area contributed by atoms with Crippen LogP contribution in [0.1, 0.15) is 38.4 Å². The molecule has 2 aliphatic rings. The molecule has 2 fully saturated rings. The van der Waals surface area contributed by atoms with Gasteiger partial charge in [0.25, 0.3) is 0 Å². The fraction of sp³-hybridized carbons (Fsp3) is 0.481. The number of hydrogen-bond donors (Lipinski definition) is 0. The van der Waals surface area contributed by atoms with E-state index in [1.807, 2.05) is 12.1 Å². The van der Waals surface area contributed by atoms with Crippen molar-refractivity contribution in [1.82, 2.24) is 9.97 Å². The van der Waals surface area contributed by atoms with E-state index >= 15 is 0 Å². The zero-order valence-electron chi connectivity index (χ0n) is 20.8. The molecular weight excluding hydrogens is 426 g/mol. The molecule has 2 heterocycles. The number of hydrogen-bond acceptors (Lipinski definition) is 7. The average Bonchev–Trinajstić information content (AvgIpc) is 3.74. The summed E-state index contributed by atoms with van der Waals surface area (Å²) in [6.45, 7) is 10.2. The molecule has 0 N–H and O–H groups in total. The van der Waals surface area contributed by atoms with Crippen molar-refractivity contribution in [3.8, 4) is 11.5 Å². The Morgan fingerprint density at radius 2 is 1.56 bits per heavy atom. The lowest BCUT2D eigenvalue weighted by molar-refractivity contribution is 0.355. The van der Waals surface area contributed by atoms with E-state index < -0.39 is 0 Å². The molecule has 3 aromatic rings. The Morgan fingerprint density at radius 1 is 0.882 bits per heavy atom. The average molecular weight is 462 g/mol. The zero-order valence-corrected chi connectivity index (χ0v) is 20.8. The first kappa shape index (κ1) is 22.6. The minimum absolute atomic E-state index is 0.486. The van der Waals surface area contributed by atoms with Gasteiger partial charge in [0.15, 0.2) is 11.5 Å². The molecule has 1 aliphatic carbocycles. The van der Waals surface area contributed by atoms with Crippen molar-refractivity contribution in [2.75, 3.05) is 68.2 Å². The van der Waals surface area contributed by atoms with Crippen molar-refractivity contribution < 1.29 is 9.47 Å². The second-order valence-corrected chi connectivity index (χ2v) is 9.07. The van der Waals surface area contributed by atoms with Crippen LogP contribution in [-0.2, 0) is 0 Å². The Morgan fingerprint density at radius 3 is 2.21 bits per heavy atom. The van der Waals surface area contributed by atoms with Gasteiger partial charge in [-0.1, -0.05) is 6.07 Å². The molecule has 0 amide bonds. The standard InChI is InChI=1S/C27H35N5O2/c1-5-30(6-2)20-8-7-9-21(16-20)31-12-14-32(15-13-31)27-22-17-24(33-3)25(34-4)18-23(22)28-26(29-27)19-10-11-19/h7-9,16-19H,5-6,10-15H2,1-4H3. The number of nitrogens with zero attached hydrogens (tertiary/aromatic N) is 5. The first-order valence-electron chi connectivity index (χ1n) is 12.4. The molecule has 0 unspecified atom stereocenters. The number of anilines is 3. The SMILES string of the molecule is CCN(CC)c1cccc(N2CCN(c3nc(C4CC4)nc4cc(OC)c(OC)cc34)CC2)c1. The Labute approximate surface area is 202 Å². The van der Waals surface area contributed by atoms with E-state index in [2.05, 4.69) is 52.8 Å². The van der Waals surface area contributed by atoms with Crippen LogP contribution in [-0.4, -0.2) is 63.5 Å². The summed E-state index contributed by atoms with van der Waals surface area (Å²) in [5.41, 5.74) is 3.52. The number of fused-ring (bicyclic) bond motifs is 1. The van der Waals surface area contributed by atoms with E-state index in [0.29, 0.717) is 17.4 Å². The van der Waals surface area contributed by atoms with Gasteiger partial charge in [-0.15, -0.1) is 0 Å². The molecule has 1 saturated heterocycles. The Balaban J connectivity index is 1.42. The molecule has 34 heavy (non-hydrogen) atoms. The van der Waals surface area contributed by atoms with Gasteiger partial charge in [-0.3, -0.25) is 0 Å². The summed E-state index contributed by atoms with van der Waals surface area (Å²) >= 11 is 0. The molecular formula is C27H35N5O2. The van der Waals surface area contributed by atoms with Crippen molar-refractivity contribution in [2.24, 2.45) is 0 Å². The maximum Gasteiger partial charge on any atom is 0.162 e. The molecule has 0 spiro atoms. The van der Waals surface area contributed by atoms with Gasteiger partial charge in [0.2, 0.25) is 0 Å². The minimum Gasteiger partial charge on any atom is -0.493 e. The van der Waals surface area contributed by atoms with Crippen LogP contribution in [0.3, 0.4) is 0 Å². The molecule has 2 aromatic carbocycles. The van der Waals surface area contributed by atoms with Crippen LogP contribution in [0.25, 0.3) is 10.9 Å². The molecule has 0 bridgehead atoms. The molecule has 180 valence electrons. The summed E-state index contributed by atoms with van der Waals surface area (Å²) < 4.78 is 11.1. The first-order valence-corrected chi connectivity index (χ1v) is 12.4. The highest BCUT2D eigenvalue weighted by Crippen LogP contribution is 2.42. The van der Waals surface area contributed by atoms with Crippen LogP contribution >= 0.6 is 0 Å². The highest BCUT2D eigenvalue weighted by Gasteiger charge is 2.30. The zero-order chi connectivity index (χ0) is 23.7. The van der Waals surface area contributed by atoms with E-state index in [-0.39, 0.29) is 0 Å². The molecule has 7 nitrogen and oxygen atoms in total. The second kappa shape index (κ2) is 9.57. The Bertz CT molecular complexity index is 1150. The Kier molecular flexibility index (Phi) is 6.35. The van der Waals surface area contributed by atoms with E-state index in [4.69, 9.17) is 19.4 Å². The molecule has 1 aromatic heterocycles. The van der Waals surface area contributed by atoms with Gasteiger partial charge in [-0.25, -0.2) is 9.97 Å². The van der Waals surface area contributed by atoms with Gasteiger partial charge < -0.3 is 24.2 Å². The maximum atomic E-state index is 5.59. The number of rotatable bonds is 8. The second-order valence-electron chi connectivity index (χ2n) is 9.07. The molecule has 1 saturated carbocycles. The van der Waals surface area contributed by atoms with Crippen molar-refractivity contribution in [3.05, 3.63) is 42.2 Å². The summed E-state index contributed by atoms with van der Waals surface area (Å²) in [6.07, 6.45) is 2.35. The van der Waals surface area contributed by atoms with Crippen molar-refractivity contribution >= 4 is 28.1 Å². The lowest BCUT2D eigenvalue weighted by atomic mass is 10.1. The van der Waals surface area contributed by atoms with Gasteiger partial charge in [0, 0.05) is 68.0 Å². The van der Waals surface area contributed by atoms with Crippen LogP contribution in [0.2, 0.25) is 0 Å². The van der Waals surface area contributed by atoms with E-state index in [0.717, 1.165) is 61.8 Å². The third-order valence-corrected chi connectivity index (χ3v) is 7.04. The van der Waals surface area contributed by atoms with Crippen molar-refractivity contribution in [2.45, 2.75) is 32.6 Å². The number of aromatic nitrogens is 2. The molecule has 0 atom stereocenters. The highest BCUT2D eigenvalue weighted by atomic mass is 16.5. The van der Waals surface area contributed by atoms with Crippen LogP contribution in [0.5, 0.6) is 11.5 Å². The van der Waals surface area contributed by atoms with Crippen LogP contribution in [0.15, 0.2) is 36.4 Å². The fourth-order valence-corrected chi connectivity index (χ4v) is 4.87. The van der Waals surface area contributed by atoms with Gasteiger partial charge in [0.05, 0.1) is 19.7 Å². The largest absolute Gasteiger partial charge is 0.493 e. The summed E-state index contributed by atoms with van der Waals surface area (Å²) in [4.78, 5) is 17.3. The van der Waals surface area contributed by atoms with Gasteiger partial charge in [0.1, 0.15) is 11.6 Å². The monoisotopic (exact) mass is 461 g/mol. The molecule has 1 aliphatic heterocycles. The van der Waals surface area contributed by atoms with Gasteiger partial charge >= 0.3 is 0 Å². The number of piperazine rings is 1. The lowest BCUT2D eigenvalue weighted by Crippen LogP contribution is -2.47. The lowest BCUT2D eigenvalue weighted by Gasteiger charge is -2.37. The summed E-state index contributed by atoms with van der Waals surface area (Å²) in [6, 6.07) is 13.0. The summed E-state index contributed by atoms with van der Waals surface area (Å²) in [5.74, 6) is 3.89. The fourth-order valence-electron chi connectivity index (χ4n) is 4.87. The molecule has 0 radical (unpaired) electrons. The molecule has 7 heteroatoms. The normalized spacial score (nSPS) is 16.1. The topological polar surface area (TPSA) is 54.0 Å². The maximum absolute atomic E-state index is 5.59. The van der Waals surface area contributed by atoms with E-state index in [1.165, 1.54) is 24.2 Å². The quantitative estimate of drug-likeness (QED) is 0.482. The third-order valence-electron chi connectivity index (χ3n) is 7.04. The Hall–Kier alpha value is -3.22. The predicted molar refractivity (Wildman–Crippen MR) is 139 cm³/mol. The first-order chi connectivity index (χ1) is 16.6. The van der Waals surface area contributed by atoms with Gasteiger partial charge in [-0.05, 0) is 51.0 Å². The number of methoxy groups -OCH3 is 2. The van der Waals surface area contributed by atoms with E-state index in [1.54, 1.807) is 14.2 Å². The van der Waals surface area contributed by atoms with Crippen LogP contribution in [0, 0.1) is 0 Å². The van der Waals surface area contributed by atoms with E-state index in [9.17, 15) is 0 Å². The van der Waals surface area contributed by atoms with Crippen molar-refractivity contribution in [3.63, 3.8) is 0 Å². The number of ether oxygens (including phenoxy) is 2. The smallest absolute Gasteiger partial charge is 0.162 e. The highest BCUT2D eigenvalue weighted by molar-refractivity contribution is 5.92. The predicted octanol–water partition coefficient (Wildman–Crippen LogP) is 4.70.